The van der Waals surface area contributed by atoms with Crippen molar-refractivity contribution >= 4 is 0 Å². The van der Waals surface area contributed by atoms with Crippen LogP contribution >= 0.6 is 0 Å². The number of ether oxygens (including phenoxy) is 3. The lowest BCUT2D eigenvalue weighted by Crippen LogP contribution is -2.34. The van der Waals surface area contributed by atoms with Crippen molar-refractivity contribution in [3.63, 3.8) is 0 Å². The molecule has 3 nitrogen and oxygen atoms in total. The van der Waals surface area contributed by atoms with E-state index >= 15 is 0 Å². The van der Waals surface area contributed by atoms with Crippen molar-refractivity contribution in [3.05, 3.63) is 64.5 Å². The number of halogens is 7. The van der Waals surface area contributed by atoms with Gasteiger partial charge >= 0.3 is 6.11 Å². The van der Waals surface area contributed by atoms with Crippen molar-refractivity contribution in [2.45, 2.75) is 45.0 Å². The first-order valence-electron chi connectivity index (χ1n) is 11.0. The first kappa shape index (κ1) is 24.8. The Morgan fingerprint density at radius 3 is 1.82 bits per heavy atom. The second-order valence-corrected chi connectivity index (χ2v) is 8.96. The molecule has 1 aliphatic carbocycles. The van der Waals surface area contributed by atoms with E-state index in [4.69, 9.17) is 9.47 Å². The third-order valence-corrected chi connectivity index (χ3v) is 6.48. The first-order chi connectivity index (χ1) is 16.0. The Kier molecular flexibility index (Phi) is 7.09. The summed E-state index contributed by atoms with van der Waals surface area (Å²) in [4.78, 5) is 0. The molecule has 1 saturated carbocycles. The Morgan fingerprint density at radius 1 is 0.765 bits per heavy atom. The van der Waals surface area contributed by atoms with Gasteiger partial charge in [0.2, 0.25) is 0 Å². The third-order valence-electron chi connectivity index (χ3n) is 6.48. The molecule has 0 spiro atoms. The van der Waals surface area contributed by atoms with Crippen LogP contribution in [0.15, 0.2) is 24.3 Å². The average Bonchev–Trinajstić information content (AvgIpc) is 2.77. The number of hydrogen-bond donors (Lipinski definition) is 0. The molecule has 2 aliphatic rings. The maximum atomic E-state index is 14.6. The van der Waals surface area contributed by atoms with Gasteiger partial charge in [-0.2, -0.15) is 8.78 Å². The third kappa shape index (κ3) is 5.17. The summed E-state index contributed by atoms with van der Waals surface area (Å²) in [6, 6.07) is 1.55. The van der Waals surface area contributed by atoms with Gasteiger partial charge in [-0.05, 0) is 36.8 Å². The summed E-state index contributed by atoms with van der Waals surface area (Å²) < 4.78 is 113. The lowest BCUT2D eigenvalue weighted by atomic mass is 9.76. The average molecular weight is 492 g/mol. The van der Waals surface area contributed by atoms with Gasteiger partial charge in [-0.15, -0.1) is 0 Å². The molecular weight excluding hydrogens is 469 g/mol. The smallest absolute Gasteiger partial charge is 0.429 e. The van der Waals surface area contributed by atoms with E-state index in [-0.39, 0.29) is 23.6 Å². The Balaban J connectivity index is 1.47. The summed E-state index contributed by atoms with van der Waals surface area (Å²) >= 11 is 0. The molecule has 1 saturated heterocycles. The summed E-state index contributed by atoms with van der Waals surface area (Å²) in [5, 5.41) is 0. The largest absolute Gasteiger partial charge is 0.432 e. The van der Waals surface area contributed by atoms with Crippen LogP contribution in [0.1, 0.15) is 50.0 Å². The Hall–Kier alpha value is -2.33. The summed E-state index contributed by atoms with van der Waals surface area (Å²) in [5.41, 5.74) is -1.91. The highest BCUT2D eigenvalue weighted by atomic mass is 19.3. The summed E-state index contributed by atoms with van der Waals surface area (Å²) in [7, 11) is 0. The highest BCUT2D eigenvalue weighted by Crippen LogP contribution is 2.40. The van der Waals surface area contributed by atoms with E-state index in [2.05, 4.69) is 11.7 Å². The molecule has 2 fully saturated rings. The van der Waals surface area contributed by atoms with Crippen molar-refractivity contribution in [1.29, 1.82) is 0 Å². The molecule has 0 bridgehead atoms. The number of rotatable bonds is 5. The SMILES string of the molecule is CC1CCC(C2COC(c3cc(F)c(C(F)(F)Oc4cc(F)c(F)c(F)c4)c(F)c3)OC2)CC1. The van der Waals surface area contributed by atoms with Gasteiger partial charge in [0.05, 0.1) is 13.2 Å². The van der Waals surface area contributed by atoms with Gasteiger partial charge in [0.15, 0.2) is 23.7 Å². The zero-order chi connectivity index (χ0) is 24.6. The monoisotopic (exact) mass is 492 g/mol. The summed E-state index contributed by atoms with van der Waals surface area (Å²) in [5.74, 6) is -8.71. The maximum Gasteiger partial charge on any atom is 0.432 e. The molecule has 0 amide bonds. The number of benzene rings is 2. The molecule has 1 heterocycles. The maximum absolute atomic E-state index is 14.6. The fourth-order valence-corrected chi connectivity index (χ4v) is 4.54. The molecule has 0 aromatic heterocycles. The van der Waals surface area contributed by atoms with Crippen molar-refractivity contribution in [1.82, 2.24) is 0 Å². The zero-order valence-electron chi connectivity index (χ0n) is 18.2. The van der Waals surface area contributed by atoms with Crippen LogP contribution in [-0.4, -0.2) is 13.2 Å². The lowest BCUT2D eigenvalue weighted by Gasteiger charge is -2.37. The van der Waals surface area contributed by atoms with E-state index in [9.17, 15) is 30.7 Å². The van der Waals surface area contributed by atoms with Crippen molar-refractivity contribution < 1.29 is 44.9 Å². The molecule has 10 heteroatoms. The Labute approximate surface area is 191 Å². The molecular formula is C24H23F7O3. The molecule has 0 N–H and O–H groups in total. The standard InChI is InChI=1S/C24H23F7O3/c1-12-2-4-13(5-3-12)15-10-32-23(33-11-15)14-6-17(25)21(18(26)7-14)24(30,31)34-16-8-19(27)22(29)20(28)9-16/h6-9,12-13,15,23H,2-5,10-11H2,1H3. The normalized spacial score (nSPS) is 25.9. The predicted molar refractivity (Wildman–Crippen MR) is 106 cm³/mol. The van der Waals surface area contributed by atoms with E-state index in [1.807, 2.05) is 0 Å². The fraction of sp³-hybridized carbons (Fsp3) is 0.500. The molecule has 1 aliphatic heterocycles. The van der Waals surface area contributed by atoms with Crippen molar-refractivity contribution in [2.24, 2.45) is 17.8 Å². The van der Waals surface area contributed by atoms with Gasteiger partial charge in [0.25, 0.3) is 0 Å². The highest BCUT2D eigenvalue weighted by molar-refractivity contribution is 5.32. The van der Waals surface area contributed by atoms with E-state index in [1.54, 1.807) is 0 Å². The van der Waals surface area contributed by atoms with Crippen LogP contribution in [0.4, 0.5) is 30.7 Å². The minimum absolute atomic E-state index is 0.135. The molecule has 186 valence electrons. The van der Waals surface area contributed by atoms with Gasteiger partial charge in [-0.25, -0.2) is 22.0 Å². The minimum atomic E-state index is -4.65. The van der Waals surface area contributed by atoms with E-state index < -0.39 is 52.8 Å². The first-order valence-corrected chi connectivity index (χ1v) is 11.0. The highest BCUT2D eigenvalue weighted by Gasteiger charge is 2.42. The topological polar surface area (TPSA) is 27.7 Å². The van der Waals surface area contributed by atoms with Crippen molar-refractivity contribution in [3.8, 4) is 5.75 Å². The fourth-order valence-electron chi connectivity index (χ4n) is 4.54. The quantitative estimate of drug-likeness (QED) is 0.332. The molecule has 0 radical (unpaired) electrons. The molecule has 34 heavy (non-hydrogen) atoms. The molecule has 0 unspecified atom stereocenters. The lowest BCUT2D eigenvalue weighted by molar-refractivity contribution is -0.215. The van der Waals surface area contributed by atoms with Crippen molar-refractivity contribution in [2.75, 3.05) is 13.2 Å². The van der Waals surface area contributed by atoms with Crippen LogP contribution in [0.2, 0.25) is 0 Å². The van der Waals surface area contributed by atoms with E-state index in [0.29, 0.717) is 37.2 Å². The van der Waals surface area contributed by atoms with Crippen LogP contribution in [0.5, 0.6) is 5.75 Å². The Bertz CT molecular complexity index is 983. The van der Waals surface area contributed by atoms with Crippen LogP contribution in [0.3, 0.4) is 0 Å². The van der Waals surface area contributed by atoms with Crippen LogP contribution in [0.25, 0.3) is 0 Å². The molecule has 4 rings (SSSR count). The zero-order valence-corrected chi connectivity index (χ0v) is 18.2. The Morgan fingerprint density at radius 2 is 1.29 bits per heavy atom. The van der Waals surface area contributed by atoms with Gasteiger partial charge in [-0.3, -0.25) is 0 Å². The van der Waals surface area contributed by atoms with Gasteiger partial charge in [0.1, 0.15) is 22.9 Å². The van der Waals surface area contributed by atoms with E-state index in [0.717, 1.165) is 25.7 Å². The predicted octanol–water partition coefficient (Wildman–Crippen LogP) is 7.00. The summed E-state index contributed by atoms with van der Waals surface area (Å²) in [6.07, 6.45) is -1.44. The van der Waals surface area contributed by atoms with Gasteiger partial charge in [-0.1, -0.05) is 19.8 Å². The van der Waals surface area contributed by atoms with Crippen LogP contribution < -0.4 is 4.74 Å². The molecule has 2 aromatic rings. The molecule has 0 atom stereocenters. The second-order valence-electron chi connectivity index (χ2n) is 8.96. The van der Waals surface area contributed by atoms with Crippen LogP contribution in [-0.2, 0) is 15.6 Å². The summed E-state index contributed by atoms with van der Waals surface area (Å²) in [6.45, 7) is 2.84. The number of hydrogen-bond acceptors (Lipinski definition) is 3. The minimum Gasteiger partial charge on any atom is -0.429 e. The number of alkyl halides is 2. The van der Waals surface area contributed by atoms with E-state index in [1.165, 1.54) is 0 Å². The second kappa shape index (κ2) is 9.73. The van der Waals surface area contributed by atoms with Gasteiger partial charge in [0, 0.05) is 23.6 Å². The van der Waals surface area contributed by atoms with Crippen LogP contribution in [0, 0.1) is 46.8 Å². The van der Waals surface area contributed by atoms with Gasteiger partial charge < -0.3 is 14.2 Å². The molecule has 2 aromatic carbocycles.